The molecule has 19 heavy (non-hydrogen) atoms. The highest BCUT2D eigenvalue weighted by atomic mass is 16.6. The van der Waals surface area contributed by atoms with Crippen LogP contribution in [0.3, 0.4) is 0 Å². The van der Waals surface area contributed by atoms with E-state index in [4.69, 9.17) is 4.74 Å². The van der Waals surface area contributed by atoms with Crippen molar-refractivity contribution in [1.82, 2.24) is 5.32 Å². The molecule has 104 valence electrons. The molecule has 0 atom stereocenters. The van der Waals surface area contributed by atoms with Crippen molar-refractivity contribution in [1.29, 1.82) is 0 Å². The van der Waals surface area contributed by atoms with Crippen LogP contribution in [0, 0.1) is 0 Å². The summed E-state index contributed by atoms with van der Waals surface area (Å²) in [6.07, 6.45) is 6.40. The van der Waals surface area contributed by atoms with E-state index < -0.39 is 6.09 Å². The predicted octanol–water partition coefficient (Wildman–Crippen LogP) is 4.60. The fourth-order valence-corrected chi connectivity index (χ4v) is 1.71. The van der Waals surface area contributed by atoms with Crippen LogP contribution >= 0.6 is 0 Å². The van der Waals surface area contributed by atoms with Crippen molar-refractivity contribution >= 4 is 6.09 Å². The zero-order chi connectivity index (χ0) is 14.1. The summed E-state index contributed by atoms with van der Waals surface area (Å²) in [7, 11) is 0. The summed E-state index contributed by atoms with van der Waals surface area (Å²) in [5, 5.41) is 2.61. The molecule has 1 rings (SSSR count). The summed E-state index contributed by atoms with van der Waals surface area (Å²) >= 11 is 0. The van der Waals surface area contributed by atoms with Gasteiger partial charge in [-0.2, -0.15) is 0 Å². The molecule has 0 saturated carbocycles. The highest BCUT2D eigenvalue weighted by Crippen LogP contribution is 2.25. The molecular formula is C16H23NO2. The number of hydrogen-bond donors (Lipinski definition) is 1. The van der Waals surface area contributed by atoms with E-state index in [0.717, 1.165) is 24.8 Å². The molecule has 1 N–H and O–H groups in total. The Balaban J connectivity index is 2.51. The SMILES string of the molecule is CCCCC=CNC(=O)Oc1ccccc1C(C)C. The van der Waals surface area contributed by atoms with Gasteiger partial charge in [-0.15, -0.1) is 0 Å². The molecule has 0 unspecified atom stereocenters. The lowest BCUT2D eigenvalue weighted by Gasteiger charge is -2.11. The maximum Gasteiger partial charge on any atom is 0.416 e. The van der Waals surface area contributed by atoms with Gasteiger partial charge in [-0.05, 0) is 24.0 Å². The quantitative estimate of drug-likeness (QED) is 0.760. The zero-order valence-electron chi connectivity index (χ0n) is 12.0. The molecule has 3 nitrogen and oxygen atoms in total. The molecule has 0 fully saturated rings. The highest BCUT2D eigenvalue weighted by molar-refractivity contribution is 5.71. The fourth-order valence-electron chi connectivity index (χ4n) is 1.71. The van der Waals surface area contributed by atoms with Crippen LogP contribution in [0.1, 0.15) is 51.5 Å². The molecule has 1 aromatic rings. The first-order chi connectivity index (χ1) is 9.15. The molecule has 0 spiro atoms. The first-order valence-corrected chi connectivity index (χ1v) is 6.87. The summed E-state index contributed by atoms with van der Waals surface area (Å²) < 4.78 is 5.31. The number of benzene rings is 1. The molecule has 3 heteroatoms. The number of para-hydroxylation sites is 1. The fraction of sp³-hybridized carbons (Fsp3) is 0.438. The molecule has 0 aliphatic heterocycles. The van der Waals surface area contributed by atoms with E-state index in [2.05, 4.69) is 26.1 Å². The number of ether oxygens (including phenoxy) is 1. The minimum atomic E-state index is -0.444. The average molecular weight is 261 g/mol. The maximum absolute atomic E-state index is 11.6. The molecule has 0 radical (unpaired) electrons. The van der Waals surface area contributed by atoms with E-state index in [-0.39, 0.29) is 0 Å². The zero-order valence-corrected chi connectivity index (χ0v) is 12.0. The van der Waals surface area contributed by atoms with Crippen molar-refractivity contribution in [2.45, 2.75) is 46.0 Å². The van der Waals surface area contributed by atoms with Crippen molar-refractivity contribution in [2.24, 2.45) is 0 Å². The van der Waals surface area contributed by atoms with Gasteiger partial charge in [0.2, 0.25) is 0 Å². The van der Waals surface area contributed by atoms with Gasteiger partial charge < -0.3 is 4.74 Å². The summed E-state index contributed by atoms with van der Waals surface area (Å²) in [5.74, 6) is 0.945. The molecular weight excluding hydrogens is 238 g/mol. The van der Waals surface area contributed by atoms with Crippen LogP contribution in [0.25, 0.3) is 0 Å². The molecule has 0 saturated heterocycles. The smallest absolute Gasteiger partial charge is 0.410 e. The second kappa shape index (κ2) is 8.35. The first kappa shape index (κ1) is 15.3. The third-order valence-electron chi connectivity index (χ3n) is 2.79. The summed E-state index contributed by atoms with van der Waals surface area (Å²) in [5.41, 5.74) is 1.03. The standard InChI is InChI=1S/C16H23NO2/c1-4-5-6-9-12-17-16(18)19-15-11-8-7-10-14(15)13(2)3/h7-13H,4-6H2,1-3H3,(H,17,18). The Morgan fingerprint density at radius 3 is 2.79 bits per heavy atom. The molecule has 0 aliphatic carbocycles. The summed E-state index contributed by atoms with van der Waals surface area (Å²) in [4.78, 5) is 11.6. The normalized spacial score (nSPS) is 10.9. The van der Waals surface area contributed by atoms with Crippen LogP contribution in [0.4, 0.5) is 4.79 Å². The molecule has 0 aliphatic rings. The van der Waals surface area contributed by atoms with Gasteiger partial charge in [0.15, 0.2) is 0 Å². The Morgan fingerprint density at radius 2 is 2.11 bits per heavy atom. The maximum atomic E-state index is 11.6. The van der Waals surface area contributed by atoms with Gasteiger partial charge in [0, 0.05) is 6.20 Å². The monoisotopic (exact) mass is 261 g/mol. The number of hydrogen-bond acceptors (Lipinski definition) is 2. The lowest BCUT2D eigenvalue weighted by Crippen LogP contribution is -2.22. The van der Waals surface area contributed by atoms with Gasteiger partial charge in [0.1, 0.15) is 5.75 Å². The number of nitrogens with one attached hydrogen (secondary N) is 1. The van der Waals surface area contributed by atoms with E-state index in [1.165, 1.54) is 0 Å². The van der Waals surface area contributed by atoms with Crippen LogP contribution < -0.4 is 10.1 Å². The molecule has 0 aromatic heterocycles. The molecule has 0 bridgehead atoms. The van der Waals surface area contributed by atoms with Gasteiger partial charge in [-0.25, -0.2) is 4.79 Å². The largest absolute Gasteiger partial charge is 0.416 e. The Hall–Kier alpha value is -1.77. The molecule has 1 aromatic carbocycles. The second-order valence-corrected chi connectivity index (χ2v) is 4.77. The second-order valence-electron chi connectivity index (χ2n) is 4.77. The Bertz CT molecular complexity index is 425. The number of unbranched alkanes of at least 4 members (excludes halogenated alkanes) is 2. The minimum absolute atomic E-state index is 0.323. The molecule has 1 amide bonds. The Kier molecular flexibility index (Phi) is 6.72. The lowest BCUT2D eigenvalue weighted by molar-refractivity contribution is 0.204. The van der Waals surface area contributed by atoms with E-state index in [1.54, 1.807) is 6.20 Å². The van der Waals surface area contributed by atoms with Gasteiger partial charge in [-0.1, -0.05) is 57.9 Å². The van der Waals surface area contributed by atoms with Gasteiger partial charge >= 0.3 is 6.09 Å². The summed E-state index contributed by atoms with van der Waals surface area (Å²) in [6, 6.07) is 7.61. The van der Waals surface area contributed by atoms with E-state index >= 15 is 0 Å². The van der Waals surface area contributed by atoms with Crippen molar-refractivity contribution in [2.75, 3.05) is 0 Å². The third-order valence-corrected chi connectivity index (χ3v) is 2.79. The van der Waals surface area contributed by atoms with Crippen molar-refractivity contribution in [3.8, 4) is 5.75 Å². The first-order valence-electron chi connectivity index (χ1n) is 6.87. The van der Waals surface area contributed by atoms with Crippen LogP contribution in [0.15, 0.2) is 36.5 Å². The van der Waals surface area contributed by atoms with E-state index in [0.29, 0.717) is 11.7 Å². The van der Waals surface area contributed by atoms with Crippen molar-refractivity contribution in [3.63, 3.8) is 0 Å². The van der Waals surface area contributed by atoms with Crippen LogP contribution in [-0.2, 0) is 0 Å². The van der Waals surface area contributed by atoms with Crippen LogP contribution in [0.2, 0.25) is 0 Å². The number of allylic oxidation sites excluding steroid dienone is 1. The average Bonchev–Trinajstić information content (AvgIpc) is 2.39. The van der Waals surface area contributed by atoms with E-state index in [1.807, 2.05) is 30.3 Å². The Morgan fingerprint density at radius 1 is 1.37 bits per heavy atom. The molecule has 0 heterocycles. The number of carbonyl (C=O) groups excluding carboxylic acids is 1. The van der Waals surface area contributed by atoms with E-state index in [9.17, 15) is 4.79 Å². The Labute approximate surface area is 115 Å². The minimum Gasteiger partial charge on any atom is -0.410 e. The summed E-state index contributed by atoms with van der Waals surface area (Å²) in [6.45, 7) is 6.29. The van der Waals surface area contributed by atoms with Crippen molar-refractivity contribution in [3.05, 3.63) is 42.1 Å². The third kappa shape index (κ3) is 5.60. The van der Waals surface area contributed by atoms with Gasteiger partial charge in [0.05, 0.1) is 0 Å². The van der Waals surface area contributed by atoms with Crippen LogP contribution in [-0.4, -0.2) is 6.09 Å². The number of amides is 1. The van der Waals surface area contributed by atoms with Gasteiger partial charge in [-0.3, -0.25) is 5.32 Å². The van der Waals surface area contributed by atoms with Crippen LogP contribution in [0.5, 0.6) is 5.75 Å². The predicted molar refractivity (Wildman–Crippen MR) is 78.4 cm³/mol. The van der Waals surface area contributed by atoms with Gasteiger partial charge in [0.25, 0.3) is 0 Å². The number of carbonyl (C=O) groups is 1. The number of rotatable bonds is 6. The lowest BCUT2D eigenvalue weighted by atomic mass is 10.0. The van der Waals surface area contributed by atoms with Crippen molar-refractivity contribution < 1.29 is 9.53 Å². The highest BCUT2D eigenvalue weighted by Gasteiger charge is 2.09. The topological polar surface area (TPSA) is 38.3 Å².